The molecule has 2 N–H and O–H groups in total. The maximum Gasteiger partial charge on any atom is 0.311 e. The number of ketones is 1. The summed E-state index contributed by atoms with van der Waals surface area (Å²) in [7, 11) is 0. The van der Waals surface area contributed by atoms with Gasteiger partial charge in [0.15, 0.2) is 17.3 Å². The van der Waals surface area contributed by atoms with Gasteiger partial charge < -0.3 is 15.2 Å². The first-order valence-electron chi connectivity index (χ1n) is 9.06. The molecule has 138 valence electrons. The highest BCUT2D eigenvalue weighted by molar-refractivity contribution is 5.98. The van der Waals surface area contributed by atoms with Crippen LogP contribution in [-0.4, -0.2) is 28.9 Å². The van der Waals surface area contributed by atoms with Crippen LogP contribution in [-0.2, 0) is 4.79 Å². The van der Waals surface area contributed by atoms with Crippen LogP contribution in [0.5, 0.6) is 11.5 Å². The van der Waals surface area contributed by atoms with Crippen LogP contribution in [0, 0.1) is 5.92 Å². The summed E-state index contributed by atoms with van der Waals surface area (Å²) in [5.74, 6) is 0.0871. The smallest absolute Gasteiger partial charge is 0.311 e. The molecule has 0 bridgehead atoms. The van der Waals surface area contributed by atoms with E-state index in [1.54, 1.807) is 6.07 Å². The van der Waals surface area contributed by atoms with E-state index in [0.29, 0.717) is 17.9 Å². The van der Waals surface area contributed by atoms with Gasteiger partial charge in [0, 0.05) is 17.5 Å². The van der Waals surface area contributed by atoms with Crippen molar-refractivity contribution in [2.45, 2.75) is 64.8 Å². The lowest BCUT2D eigenvalue weighted by molar-refractivity contribution is -0.134. The predicted molar refractivity (Wildman–Crippen MR) is 97.0 cm³/mol. The van der Waals surface area contributed by atoms with Crippen LogP contribution in [0.3, 0.4) is 0 Å². The molecule has 1 aliphatic carbocycles. The van der Waals surface area contributed by atoms with Gasteiger partial charge in [-0.25, -0.2) is 0 Å². The Morgan fingerprint density at radius 1 is 1.24 bits per heavy atom. The number of phenols is 1. The van der Waals surface area contributed by atoms with Gasteiger partial charge in [-0.05, 0) is 51.3 Å². The number of hydrogen-bond acceptors (Lipinski definition) is 5. The van der Waals surface area contributed by atoms with E-state index in [4.69, 9.17) is 4.74 Å². The molecule has 0 aromatic heterocycles. The molecular formula is C20H29NO4. The molecule has 0 amide bonds. The average Bonchev–Trinajstić information content (AvgIpc) is 3.05. The molecule has 0 atom stereocenters. The van der Waals surface area contributed by atoms with Gasteiger partial charge in [-0.2, -0.15) is 0 Å². The minimum Gasteiger partial charge on any atom is -0.504 e. The topological polar surface area (TPSA) is 75.6 Å². The van der Waals surface area contributed by atoms with E-state index >= 15 is 0 Å². The standard InChI is InChI=1S/C20H29NO4/c1-20(2,3)21-13-17(23)15-9-10-18(16(22)12-15)25-19(24)11-8-14-6-4-5-7-14/h9-10,12,14,21-22H,4-8,11,13H2,1-3H3. The van der Waals surface area contributed by atoms with Gasteiger partial charge in [0.25, 0.3) is 0 Å². The fraction of sp³-hybridized carbons (Fsp3) is 0.600. The van der Waals surface area contributed by atoms with Crippen LogP contribution in [0.1, 0.15) is 69.7 Å². The molecule has 25 heavy (non-hydrogen) atoms. The number of esters is 1. The van der Waals surface area contributed by atoms with Crippen molar-refractivity contribution >= 4 is 11.8 Å². The van der Waals surface area contributed by atoms with Crippen LogP contribution in [0.4, 0.5) is 0 Å². The second kappa shape index (κ2) is 8.48. The molecule has 0 unspecified atom stereocenters. The highest BCUT2D eigenvalue weighted by Crippen LogP contribution is 2.30. The van der Waals surface area contributed by atoms with Gasteiger partial charge >= 0.3 is 5.97 Å². The van der Waals surface area contributed by atoms with Crippen molar-refractivity contribution < 1.29 is 19.4 Å². The minimum absolute atomic E-state index is 0.108. The lowest BCUT2D eigenvalue weighted by atomic mass is 10.0. The summed E-state index contributed by atoms with van der Waals surface area (Å²) >= 11 is 0. The van der Waals surface area contributed by atoms with Gasteiger partial charge in [-0.15, -0.1) is 0 Å². The lowest BCUT2D eigenvalue weighted by Crippen LogP contribution is -2.39. The molecule has 1 aliphatic rings. The Hall–Kier alpha value is -1.88. The zero-order valence-corrected chi connectivity index (χ0v) is 15.4. The van der Waals surface area contributed by atoms with Crippen LogP contribution >= 0.6 is 0 Å². The number of aromatic hydroxyl groups is 1. The molecule has 0 heterocycles. The highest BCUT2D eigenvalue weighted by Gasteiger charge is 2.18. The fourth-order valence-electron chi connectivity index (χ4n) is 3.02. The van der Waals surface area contributed by atoms with E-state index < -0.39 is 0 Å². The Labute approximate surface area is 149 Å². The summed E-state index contributed by atoms with van der Waals surface area (Å²) in [5.41, 5.74) is 0.229. The average molecular weight is 347 g/mol. The molecular weight excluding hydrogens is 318 g/mol. The largest absolute Gasteiger partial charge is 0.504 e. The second-order valence-corrected chi connectivity index (χ2v) is 7.87. The first-order chi connectivity index (χ1) is 11.7. The molecule has 1 aromatic carbocycles. The quantitative estimate of drug-likeness (QED) is 0.445. The first-order valence-corrected chi connectivity index (χ1v) is 9.06. The minimum atomic E-state index is -0.337. The fourth-order valence-corrected chi connectivity index (χ4v) is 3.02. The molecule has 1 aromatic rings. The van der Waals surface area contributed by atoms with Crippen molar-refractivity contribution in [3.63, 3.8) is 0 Å². The Kier molecular flexibility index (Phi) is 6.59. The summed E-state index contributed by atoms with van der Waals surface area (Å²) in [6.07, 6.45) is 6.09. The van der Waals surface area contributed by atoms with E-state index in [9.17, 15) is 14.7 Å². The van der Waals surface area contributed by atoms with Crippen LogP contribution in [0.2, 0.25) is 0 Å². The van der Waals surface area contributed by atoms with E-state index in [2.05, 4.69) is 5.32 Å². The van der Waals surface area contributed by atoms with E-state index in [1.165, 1.54) is 37.8 Å². The Balaban J connectivity index is 1.87. The third kappa shape index (κ3) is 6.50. The molecule has 0 saturated heterocycles. The number of nitrogens with one attached hydrogen (secondary N) is 1. The number of carbonyl (C=O) groups excluding carboxylic acids is 2. The van der Waals surface area contributed by atoms with Crippen molar-refractivity contribution in [1.29, 1.82) is 0 Å². The van der Waals surface area contributed by atoms with Crippen LogP contribution in [0.15, 0.2) is 18.2 Å². The van der Waals surface area contributed by atoms with Crippen molar-refractivity contribution in [2.24, 2.45) is 5.92 Å². The maximum absolute atomic E-state index is 12.1. The van der Waals surface area contributed by atoms with Crippen LogP contribution in [0.25, 0.3) is 0 Å². The summed E-state index contributed by atoms with van der Waals surface area (Å²) in [6, 6.07) is 4.41. The first kappa shape index (κ1) is 19.4. The van der Waals surface area contributed by atoms with Crippen molar-refractivity contribution in [2.75, 3.05) is 6.54 Å². The number of ether oxygens (including phenoxy) is 1. The summed E-state index contributed by atoms with van der Waals surface area (Å²) in [6.45, 7) is 6.12. The molecule has 0 radical (unpaired) electrons. The molecule has 2 rings (SSSR count). The molecule has 0 aliphatic heterocycles. The molecule has 1 saturated carbocycles. The van der Waals surface area contributed by atoms with E-state index in [-0.39, 0.29) is 35.3 Å². The van der Waals surface area contributed by atoms with E-state index in [0.717, 1.165) is 6.42 Å². The summed E-state index contributed by atoms with van der Waals surface area (Å²) < 4.78 is 5.24. The number of hydrogen-bond donors (Lipinski definition) is 2. The Bertz CT molecular complexity index is 613. The molecule has 5 nitrogen and oxygen atoms in total. The maximum atomic E-state index is 12.1. The number of phenolic OH excluding ortho intramolecular Hbond substituents is 1. The van der Waals surface area contributed by atoms with E-state index in [1.807, 2.05) is 20.8 Å². The number of Topliss-reactive ketones (excluding diaryl/α,β-unsaturated/α-hetero) is 1. The second-order valence-electron chi connectivity index (χ2n) is 7.87. The molecule has 0 spiro atoms. The normalized spacial score (nSPS) is 15.3. The molecule has 1 fully saturated rings. The SMILES string of the molecule is CC(C)(C)NCC(=O)c1ccc(OC(=O)CCC2CCCC2)c(O)c1. The van der Waals surface area contributed by atoms with Gasteiger partial charge in [-0.1, -0.05) is 25.7 Å². The third-order valence-electron chi connectivity index (χ3n) is 4.52. The number of rotatable bonds is 7. The van der Waals surface area contributed by atoms with Crippen molar-refractivity contribution in [3.05, 3.63) is 23.8 Å². The van der Waals surface area contributed by atoms with Gasteiger partial charge in [0.2, 0.25) is 0 Å². The lowest BCUT2D eigenvalue weighted by Gasteiger charge is -2.19. The van der Waals surface area contributed by atoms with Gasteiger partial charge in [0.05, 0.1) is 6.54 Å². The Morgan fingerprint density at radius 2 is 1.92 bits per heavy atom. The predicted octanol–water partition coefficient (Wildman–Crippen LogP) is 3.84. The number of carbonyl (C=O) groups is 2. The Morgan fingerprint density at radius 3 is 2.52 bits per heavy atom. The van der Waals surface area contributed by atoms with Crippen molar-refractivity contribution in [3.8, 4) is 11.5 Å². The summed E-state index contributed by atoms with van der Waals surface area (Å²) in [5, 5.41) is 13.2. The third-order valence-corrected chi connectivity index (χ3v) is 4.52. The van der Waals surface area contributed by atoms with Gasteiger partial charge in [-0.3, -0.25) is 9.59 Å². The highest BCUT2D eigenvalue weighted by atomic mass is 16.5. The zero-order chi connectivity index (χ0) is 18.4. The van der Waals surface area contributed by atoms with Crippen LogP contribution < -0.4 is 10.1 Å². The summed E-state index contributed by atoms with van der Waals surface area (Å²) in [4.78, 5) is 24.1. The van der Waals surface area contributed by atoms with Crippen molar-refractivity contribution in [1.82, 2.24) is 5.32 Å². The monoisotopic (exact) mass is 347 g/mol. The zero-order valence-electron chi connectivity index (χ0n) is 15.4. The number of benzene rings is 1. The molecule has 5 heteroatoms. The van der Waals surface area contributed by atoms with Gasteiger partial charge in [0.1, 0.15) is 0 Å².